The quantitative estimate of drug-likeness (QED) is 0.321. The van der Waals surface area contributed by atoms with Gasteiger partial charge in [-0.25, -0.2) is 18.7 Å². The summed E-state index contributed by atoms with van der Waals surface area (Å²) in [5, 5.41) is 31.2. The van der Waals surface area contributed by atoms with E-state index in [2.05, 4.69) is 15.3 Å². The third kappa shape index (κ3) is 5.84. The van der Waals surface area contributed by atoms with Crippen LogP contribution in [0.1, 0.15) is 51.0 Å². The van der Waals surface area contributed by atoms with Crippen LogP contribution in [-0.2, 0) is 9.59 Å². The number of carbonyl (C=O) groups is 2. The van der Waals surface area contributed by atoms with E-state index in [1.54, 1.807) is 19.9 Å². The number of benzene rings is 1. The van der Waals surface area contributed by atoms with Gasteiger partial charge in [-0.1, -0.05) is 19.9 Å². The van der Waals surface area contributed by atoms with E-state index in [0.29, 0.717) is 48.2 Å². The van der Waals surface area contributed by atoms with Crippen LogP contribution in [0.5, 0.6) is 0 Å². The van der Waals surface area contributed by atoms with Crippen molar-refractivity contribution in [3.63, 3.8) is 0 Å². The van der Waals surface area contributed by atoms with E-state index >= 15 is 4.39 Å². The van der Waals surface area contributed by atoms with Crippen LogP contribution in [0.15, 0.2) is 42.1 Å². The summed E-state index contributed by atoms with van der Waals surface area (Å²) in [4.78, 5) is 36.4. The lowest BCUT2D eigenvalue weighted by molar-refractivity contribution is -0.141. The number of rotatable bonds is 5. The highest BCUT2D eigenvalue weighted by atomic mass is 19.1. The fraction of sp³-hybridized carbons (Fsp3) is 0.483. The molecule has 0 bridgehead atoms. The van der Waals surface area contributed by atoms with Crippen LogP contribution >= 0.6 is 0 Å². The van der Waals surface area contributed by atoms with Gasteiger partial charge in [-0.15, -0.1) is 0 Å². The number of allylic oxidation sites excluding steroid dienone is 3. The molecule has 218 valence electrons. The molecular formula is C29H34F2N6O4. The molecule has 5 rings (SSSR count). The van der Waals surface area contributed by atoms with Crippen LogP contribution in [0.3, 0.4) is 0 Å². The summed E-state index contributed by atoms with van der Waals surface area (Å²) in [5.74, 6) is -1.94. The van der Waals surface area contributed by atoms with Crippen molar-refractivity contribution in [2.75, 3.05) is 24.5 Å². The minimum atomic E-state index is -1.18. The maximum atomic E-state index is 15.3. The van der Waals surface area contributed by atoms with Gasteiger partial charge in [0.1, 0.15) is 29.6 Å². The van der Waals surface area contributed by atoms with Gasteiger partial charge >= 0.3 is 0 Å². The summed E-state index contributed by atoms with van der Waals surface area (Å²) < 4.78 is 30.3. The number of aliphatic hydroxyl groups excluding tert-OH is 2. The Kier molecular flexibility index (Phi) is 8.14. The summed E-state index contributed by atoms with van der Waals surface area (Å²) in [5.41, 5.74) is 1.02. The average molecular weight is 569 g/mol. The maximum absolute atomic E-state index is 15.3. The number of likely N-dealkylation sites (tertiary alicyclic amines) is 1. The highest BCUT2D eigenvalue weighted by Gasteiger charge is 2.36. The van der Waals surface area contributed by atoms with Crippen molar-refractivity contribution >= 4 is 34.4 Å². The van der Waals surface area contributed by atoms with Gasteiger partial charge in [-0.2, -0.15) is 0 Å². The largest absolute Gasteiger partial charge is 0.390 e. The molecule has 0 radical (unpaired) electrons. The number of nitrogens with one attached hydrogen (secondary N) is 2. The van der Waals surface area contributed by atoms with Crippen molar-refractivity contribution in [3.8, 4) is 0 Å². The molecule has 2 aliphatic heterocycles. The summed E-state index contributed by atoms with van der Waals surface area (Å²) in [6.45, 7) is 4.45. The number of halogens is 2. The number of piperidine rings is 2. The van der Waals surface area contributed by atoms with E-state index in [1.165, 1.54) is 24.5 Å². The van der Waals surface area contributed by atoms with Crippen molar-refractivity contribution in [1.29, 1.82) is 5.41 Å². The molecule has 1 unspecified atom stereocenters. The first-order chi connectivity index (χ1) is 19.5. The molecule has 2 amide bonds. The number of hydrogen-bond donors (Lipinski definition) is 4. The number of aromatic nitrogens is 2. The first kappa shape index (κ1) is 28.7. The lowest BCUT2D eigenvalue weighted by Crippen LogP contribution is -2.49. The molecule has 1 aromatic heterocycles. The van der Waals surface area contributed by atoms with Gasteiger partial charge < -0.3 is 25.3 Å². The lowest BCUT2D eigenvalue weighted by Gasteiger charge is -2.35. The molecule has 1 aromatic carbocycles. The summed E-state index contributed by atoms with van der Waals surface area (Å²) in [7, 11) is 0. The van der Waals surface area contributed by atoms with Crippen LogP contribution in [0.4, 0.5) is 14.6 Å². The highest BCUT2D eigenvalue weighted by molar-refractivity contribution is 5.98. The van der Waals surface area contributed by atoms with Crippen LogP contribution in [-0.4, -0.2) is 74.6 Å². The number of fused-ring (bicyclic) bond motifs is 1. The monoisotopic (exact) mass is 568 g/mol. The van der Waals surface area contributed by atoms with Gasteiger partial charge in [-0.3, -0.25) is 15.0 Å². The van der Waals surface area contributed by atoms with Crippen molar-refractivity contribution < 1.29 is 28.6 Å². The van der Waals surface area contributed by atoms with Crippen LogP contribution in [0.25, 0.3) is 10.9 Å². The molecule has 4 N–H and O–H groups in total. The fourth-order valence-electron chi connectivity index (χ4n) is 5.63. The molecule has 3 aliphatic rings. The molecular weight excluding hydrogens is 534 g/mol. The molecule has 3 heterocycles. The Hall–Kier alpha value is -3.77. The molecule has 3 atom stereocenters. The predicted molar refractivity (Wildman–Crippen MR) is 148 cm³/mol. The van der Waals surface area contributed by atoms with Gasteiger partial charge in [0.05, 0.1) is 36.4 Å². The van der Waals surface area contributed by atoms with Crippen molar-refractivity contribution in [3.05, 3.63) is 53.5 Å². The fourth-order valence-corrected chi connectivity index (χ4v) is 5.63. The van der Waals surface area contributed by atoms with Crippen LogP contribution < -0.4 is 10.2 Å². The Bertz CT molecular complexity index is 1440. The molecule has 2 aromatic rings. The van der Waals surface area contributed by atoms with E-state index in [-0.39, 0.29) is 48.7 Å². The number of hydrogen-bond acceptors (Lipinski definition) is 8. The summed E-state index contributed by atoms with van der Waals surface area (Å²) in [6, 6.07) is 2.71. The number of anilines is 1. The van der Waals surface area contributed by atoms with Crippen LogP contribution in [0, 0.1) is 23.1 Å². The van der Waals surface area contributed by atoms with E-state index in [1.807, 2.05) is 4.90 Å². The van der Waals surface area contributed by atoms with Gasteiger partial charge in [0, 0.05) is 36.2 Å². The first-order valence-electron chi connectivity index (χ1n) is 13.9. The van der Waals surface area contributed by atoms with Crippen molar-refractivity contribution in [2.24, 2.45) is 11.8 Å². The standard InChI is InChI=1S/C29H34F2N6O4/c1-15(2)29(41)35-27(32)16-5-7-36(8-6-16)28-20-11-18(30)10-19(26(20)33-14-34-28)17-3-4-22(21(31)9-17)37-13-24(39)23(38)12-25(37)40/h4,9-11,14-17,23-24,38-39H,3,5-8,12-13H2,1-2H3,(H2,32,35,41)/t17?,23-,24+/m1/s1. The van der Waals surface area contributed by atoms with Gasteiger partial charge in [0.15, 0.2) is 0 Å². The first-order valence-corrected chi connectivity index (χ1v) is 13.9. The third-order valence-corrected chi connectivity index (χ3v) is 8.04. The second-order valence-electron chi connectivity index (χ2n) is 11.2. The number of nitrogens with zero attached hydrogens (tertiary/aromatic N) is 4. The van der Waals surface area contributed by atoms with E-state index in [9.17, 15) is 24.2 Å². The molecule has 2 fully saturated rings. The molecule has 0 saturated carbocycles. The maximum Gasteiger partial charge on any atom is 0.229 e. The van der Waals surface area contributed by atoms with Gasteiger partial charge in [0.25, 0.3) is 0 Å². The highest BCUT2D eigenvalue weighted by Crippen LogP contribution is 2.38. The van der Waals surface area contributed by atoms with E-state index < -0.39 is 35.7 Å². The Morgan fingerprint density at radius 2 is 1.88 bits per heavy atom. The SMILES string of the molecule is CC(C)C(=O)NC(=N)C1CCN(c2ncnc3c(C4C=C(F)C(N5C[C@H](O)[C@H](O)CC5=O)=CC4)cc(F)cc23)CC1. The predicted octanol–water partition coefficient (Wildman–Crippen LogP) is 2.91. The van der Waals surface area contributed by atoms with Crippen molar-refractivity contribution in [2.45, 2.75) is 57.7 Å². The normalized spacial score (nSPS) is 24.0. The Morgan fingerprint density at radius 1 is 1.15 bits per heavy atom. The average Bonchev–Trinajstić information content (AvgIpc) is 2.94. The lowest BCUT2D eigenvalue weighted by atomic mass is 9.88. The Balaban J connectivity index is 1.36. The smallest absolute Gasteiger partial charge is 0.229 e. The Morgan fingerprint density at radius 3 is 2.56 bits per heavy atom. The van der Waals surface area contributed by atoms with Gasteiger partial charge in [-0.05, 0) is 43.0 Å². The molecule has 1 aliphatic carbocycles. The van der Waals surface area contributed by atoms with Crippen molar-refractivity contribution in [1.82, 2.24) is 20.2 Å². The summed E-state index contributed by atoms with van der Waals surface area (Å²) >= 11 is 0. The Labute approximate surface area is 236 Å². The topological polar surface area (TPSA) is 143 Å². The third-order valence-electron chi connectivity index (χ3n) is 8.04. The number of amides is 2. The number of amidine groups is 1. The van der Waals surface area contributed by atoms with Gasteiger partial charge in [0.2, 0.25) is 11.8 Å². The van der Waals surface area contributed by atoms with E-state index in [0.717, 1.165) is 4.90 Å². The number of carbonyl (C=O) groups excluding carboxylic acids is 2. The minimum absolute atomic E-state index is 0.0336. The molecule has 12 heteroatoms. The number of aliphatic hydroxyl groups is 2. The zero-order chi connectivity index (χ0) is 29.4. The zero-order valence-electron chi connectivity index (χ0n) is 23.0. The molecule has 41 heavy (non-hydrogen) atoms. The zero-order valence-corrected chi connectivity index (χ0v) is 23.0. The minimum Gasteiger partial charge on any atom is -0.390 e. The van der Waals surface area contributed by atoms with E-state index in [4.69, 9.17) is 5.41 Å². The number of β-amino-alcohol motifs (C(OH)–C–C–N with tert-alkyl or cyclic N) is 1. The summed E-state index contributed by atoms with van der Waals surface area (Å²) in [6.07, 6.45) is 3.16. The second-order valence-corrected chi connectivity index (χ2v) is 11.2. The molecule has 10 nitrogen and oxygen atoms in total. The second kappa shape index (κ2) is 11.6. The van der Waals surface area contributed by atoms with Crippen LogP contribution in [0.2, 0.25) is 0 Å². The molecule has 0 spiro atoms. The molecule has 2 saturated heterocycles.